The van der Waals surface area contributed by atoms with Gasteiger partial charge in [0, 0.05) is 38.1 Å². The summed E-state index contributed by atoms with van der Waals surface area (Å²) < 4.78 is 7.36. The molecule has 0 saturated carbocycles. The summed E-state index contributed by atoms with van der Waals surface area (Å²) in [7, 11) is 1.78. The third-order valence-electron chi connectivity index (χ3n) is 4.02. The Labute approximate surface area is 140 Å². The van der Waals surface area contributed by atoms with E-state index >= 15 is 0 Å². The average molecular weight is 328 g/mol. The molecular formula is C17H20N4O3. The van der Waals surface area contributed by atoms with Crippen LogP contribution in [0.25, 0.3) is 0 Å². The molecule has 1 aromatic heterocycles. The highest BCUT2D eigenvalue weighted by Gasteiger charge is 2.19. The van der Waals surface area contributed by atoms with Gasteiger partial charge in [0.05, 0.1) is 5.69 Å². The molecular weight excluding hydrogens is 308 g/mol. The van der Waals surface area contributed by atoms with Gasteiger partial charge in [-0.05, 0) is 31.5 Å². The molecule has 0 fully saturated rings. The zero-order valence-electron chi connectivity index (χ0n) is 13.8. The molecule has 7 nitrogen and oxygen atoms in total. The summed E-state index contributed by atoms with van der Waals surface area (Å²) in [5.74, 6) is 1.26. The van der Waals surface area contributed by atoms with Crippen molar-refractivity contribution >= 4 is 17.5 Å². The van der Waals surface area contributed by atoms with E-state index in [0.29, 0.717) is 23.5 Å². The molecule has 126 valence electrons. The minimum Gasteiger partial charge on any atom is -0.482 e. The Morgan fingerprint density at radius 1 is 1.46 bits per heavy atom. The van der Waals surface area contributed by atoms with Crippen molar-refractivity contribution in [3.8, 4) is 5.75 Å². The molecule has 0 unspecified atom stereocenters. The van der Waals surface area contributed by atoms with Crippen molar-refractivity contribution in [3.63, 3.8) is 0 Å². The monoisotopic (exact) mass is 328 g/mol. The van der Waals surface area contributed by atoms with E-state index in [2.05, 4.69) is 14.9 Å². The number of fused-ring (bicyclic) bond motifs is 1. The number of carbonyl (C=O) groups is 2. The van der Waals surface area contributed by atoms with E-state index in [4.69, 9.17) is 4.74 Å². The molecule has 7 heteroatoms. The maximum Gasteiger partial charge on any atom is 0.262 e. The Kier molecular flexibility index (Phi) is 4.50. The minimum absolute atomic E-state index is 0.00780. The Morgan fingerprint density at radius 2 is 2.29 bits per heavy atom. The Balaban J connectivity index is 1.60. The molecule has 24 heavy (non-hydrogen) atoms. The predicted molar refractivity (Wildman–Crippen MR) is 89.1 cm³/mol. The fraction of sp³-hybridized carbons (Fsp3) is 0.353. The highest BCUT2D eigenvalue weighted by Crippen LogP contribution is 2.28. The van der Waals surface area contributed by atoms with E-state index in [1.54, 1.807) is 36.3 Å². The molecule has 0 spiro atoms. The molecule has 1 aliphatic rings. The third-order valence-corrected chi connectivity index (χ3v) is 4.02. The van der Waals surface area contributed by atoms with Crippen LogP contribution in [-0.4, -0.2) is 46.5 Å². The topological polar surface area (TPSA) is 76.5 Å². The lowest BCUT2D eigenvalue weighted by molar-refractivity contribution is -0.118. The van der Waals surface area contributed by atoms with Crippen LogP contribution in [-0.2, 0) is 11.3 Å². The lowest BCUT2D eigenvalue weighted by atomic mass is 10.1. The first-order valence-corrected chi connectivity index (χ1v) is 7.84. The average Bonchev–Trinajstić information content (AvgIpc) is 2.98. The zero-order valence-corrected chi connectivity index (χ0v) is 13.8. The Bertz CT molecular complexity index is 769. The maximum absolute atomic E-state index is 12.5. The molecule has 0 aliphatic carbocycles. The van der Waals surface area contributed by atoms with Gasteiger partial charge in [-0.25, -0.2) is 4.98 Å². The van der Waals surface area contributed by atoms with E-state index in [1.807, 2.05) is 13.1 Å². The van der Waals surface area contributed by atoms with Crippen LogP contribution < -0.4 is 10.1 Å². The number of aromatic nitrogens is 2. The molecule has 1 aromatic carbocycles. The summed E-state index contributed by atoms with van der Waals surface area (Å²) >= 11 is 0. The molecule has 1 aliphatic heterocycles. The number of amides is 2. The second-order valence-corrected chi connectivity index (χ2v) is 5.80. The van der Waals surface area contributed by atoms with Crippen LogP contribution in [0.15, 0.2) is 30.6 Å². The maximum atomic E-state index is 12.5. The molecule has 2 heterocycles. The zero-order chi connectivity index (χ0) is 17.1. The van der Waals surface area contributed by atoms with Crippen LogP contribution in [0.1, 0.15) is 22.6 Å². The number of imidazole rings is 1. The first-order chi connectivity index (χ1) is 11.5. The molecule has 0 radical (unpaired) electrons. The minimum atomic E-state index is -0.212. The number of ether oxygens (including phenoxy) is 1. The van der Waals surface area contributed by atoms with E-state index in [0.717, 1.165) is 18.8 Å². The highest BCUT2D eigenvalue weighted by molar-refractivity contribution is 5.99. The largest absolute Gasteiger partial charge is 0.482 e. The van der Waals surface area contributed by atoms with Gasteiger partial charge >= 0.3 is 0 Å². The summed E-state index contributed by atoms with van der Waals surface area (Å²) in [6.45, 7) is 3.42. The Hall–Kier alpha value is -2.83. The molecule has 2 aromatic rings. The number of nitrogens with one attached hydrogen (secondary N) is 1. The predicted octanol–water partition coefficient (Wildman–Crippen LogP) is 1.68. The van der Waals surface area contributed by atoms with E-state index < -0.39 is 0 Å². The highest BCUT2D eigenvalue weighted by atomic mass is 16.5. The first-order valence-electron chi connectivity index (χ1n) is 7.84. The standard InChI is InChI=1S/C17H20N4O3/c1-12-18-6-9-21(12)8-3-7-20(2)17(23)13-4-5-15-14(10-13)19-16(22)11-24-15/h4-6,9-10H,3,7-8,11H2,1-2H3,(H,19,22). The van der Waals surface area contributed by atoms with Crippen molar-refractivity contribution < 1.29 is 14.3 Å². The van der Waals surface area contributed by atoms with Crippen LogP contribution in [0.4, 0.5) is 5.69 Å². The van der Waals surface area contributed by atoms with Crippen molar-refractivity contribution in [3.05, 3.63) is 42.0 Å². The molecule has 0 saturated heterocycles. The number of anilines is 1. The van der Waals surface area contributed by atoms with Gasteiger partial charge in [-0.15, -0.1) is 0 Å². The molecule has 3 rings (SSSR count). The normalized spacial score (nSPS) is 13.0. The summed E-state index contributed by atoms with van der Waals surface area (Å²) in [5.41, 5.74) is 1.07. The molecule has 0 bridgehead atoms. The lowest BCUT2D eigenvalue weighted by Crippen LogP contribution is -2.29. The second kappa shape index (κ2) is 6.74. The Morgan fingerprint density at radius 3 is 3.04 bits per heavy atom. The molecule has 2 amide bonds. The van der Waals surface area contributed by atoms with Crippen molar-refractivity contribution in [1.82, 2.24) is 14.5 Å². The molecule has 0 atom stereocenters. The van der Waals surface area contributed by atoms with Gasteiger partial charge in [-0.1, -0.05) is 0 Å². The first kappa shape index (κ1) is 16.0. The van der Waals surface area contributed by atoms with Crippen molar-refractivity contribution in [2.75, 3.05) is 25.5 Å². The fourth-order valence-electron chi connectivity index (χ4n) is 2.66. The van der Waals surface area contributed by atoms with Gasteiger partial charge in [0.2, 0.25) is 0 Å². The number of hydrogen-bond acceptors (Lipinski definition) is 4. The quantitative estimate of drug-likeness (QED) is 0.906. The van der Waals surface area contributed by atoms with Crippen molar-refractivity contribution in [2.45, 2.75) is 19.9 Å². The third kappa shape index (κ3) is 3.40. The van der Waals surface area contributed by atoms with Crippen LogP contribution in [0.3, 0.4) is 0 Å². The number of carbonyl (C=O) groups excluding carboxylic acids is 2. The summed E-state index contributed by atoms with van der Waals surface area (Å²) in [4.78, 5) is 29.8. The lowest BCUT2D eigenvalue weighted by Gasteiger charge is -2.21. The number of hydrogen-bond donors (Lipinski definition) is 1. The van der Waals surface area contributed by atoms with E-state index in [-0.39, 0.29) is 18.4 Å². The number of benzene rings is 1. The van der Waals surface area contributed by atoms with Gasteiger partial charge in [-0.3, -0.25) is 9.59 Å². The van der Waals surface area contributed by atoms with Gasteiger partial charge in [0.15, 0.2) is 6.61 Å². The van der Waals surface area contributed by atoms with E-state index in [1.165, 1.54) is 0 Å². The van der Waals surface area contributed by atoms with E-state index in [9.17, 15) is 9.59 Å². The summed E-state index contributed by atoms with van der Waals surface area (Å²) in [6, 6.07) is 5.09. The van der Waals surface area contributed by atoms with Crippen molar-refractivity contribution in [2.24, 2.45) is 0 Å². The summed E-state index contributed by atoms with van der Waals surface area (Å²) in [6.07, 6.45) is 4.54. The fourth-order valence-corrected chi connectivity index (χ4v) is 2.66. The van der Waals surface area contributed by atoms with Gasteiger partial charge in [-0.2, -0.15) is 0 Å². The SMILES string of the molecule is Cc1nccn1CCCN(C)C(=O)c1ccc2c(c1)NC(=O)CO2. The van der Waals surface area contributed by atoms with Gasteiger partial charge in [0.25, 0.3) is 11.8 Å². The summed E-state index contributed by atoms with van der Waals surface area (Å²) in [5, 5.41) is 2.72. The second-order valence-electron chi connectivity index (χ2n) is 5.80. The smallest absolute Gasteiger partial charge is 0.262 e. The van der Waals surface area contributed by atoms with Crippen LogP contribution in [0.2, 0.25) is 0 Å². The van der Waals surface area contributed by atoms with Crippen LogP contribution in [0, 0.1) is 6.92 Å². The van der Waals surface area contributed by atoms with Crippen LogP contribution in [0.5, 0.6) is 5.75 Å². The number of rotatable bonds is 5. The van der Waals surface area contributed by atoms with Gasteiger partial charge in [0.1, 0.15) is 11.6 Å². The number of nitrogens with zero attached hydrogens (tertiary/aromatic N) is 3. The molecule has 1 N–H and O–H groups in total. The van der Waals surface area contributed by atoms with Gasteiger partial charge < -0.3 is 19.5 Å². The van der Waals surface area contributed by atoms with Crippen LogP contribution >= 0.6 is 0 Å². The van der Waals surface area contributed by atoms with Crippen molar-refractivity contribution in [1.29, 1.82) is 0 Å². The number of aryl methyl sites for hydroxylation is 2.